The molecule has 1 aromatic heterocycles. The number of aliphatic hydroxyl groups is 1. The van der Waals surface area contributed by atoms with Crippen molar-refractivity contribution in [1.82, 2.24) is 9.97 Å². The topological polar surface area (TPSA) is 89.4 Å². The predicted molar refractivity (Wildman–Crippen MR) is 128 cm³/mol. The monoisotopic (exact) mass is 462 g/mol. The molecule has 6 nitrogen and oxygen atoms in total. The Morgan fingerprint density at radius 3 is 2.32 bits per heavy atom. The number of ether oxygens (including phenoxy) is 1. The second-order valence-corrected chi connectivity index (χ2v) is 8.14. The molecule has 0 radical (unpaired) electrons. The number of carbonyl (C=O) groups is 2. The minimum Gasteiger partial charge on any atom is -0.469 e. The van der Waals surface area contributed by atoms with E-state index in [4.69, 9.17) is 9.97 Å². The molecule has 1 atom stereocenters. The van der Waals surface area contributed by atoms with Crippen LogP contribution in [0.5, 0.6) is 0 Å². The predicted octanol–water partition coefficient (Wildman–Crippen LogP) is 4.97. The maximum atomic E-state index is 13.6. The SMILES string of the molecule is COC(=O)CC(=O)CC(O)C=Cc1c(-c2ccc(F)cc2)nc(-c2ccccc2)nc1C(C)C. The van der Waals surface area contributed by atoms with Gasteiger partial charge < -0.3 is 9.84 Å². The molecule has 1 N–H and O–H groups in total. The maximum absolute atomic E-state index is 13.6. The summed E-state index contributed by atoms with van der Waals surface area (Å²) < 4.78 is 18.1. The molecule has 1 unspecified atom stereocenters. The molecule has 3 rings (SSSR count). The molecule has 176 valence electrons. The highest BCUT2D eigenvalue weighted by molar-refractivity contribution is 5.95. The fourth-order valence-corrected chi connectivity index (χ4v) is 3.45. The third-order valence-corrected chi connectivity index (χ3v) is 5.16. The van der Waals surface area contributed by atoms with Crippen molar-refractivity contribution in [2.24, 2.45) is 0 Å². The Balaban J connectivity index is 2.05. The fourth-order valence-electron chi connectivity index (χ4n) is 3.45. The number of hydrogen-bond donors (Lipinski definition) is 1. The normalized spacial score (nSPS) is 12.2. The summed E-state index contributed by atoms with van der Waals surface area (Å²) in [6.45, 7) is 4.00. The van der Waals surface area contributed by atoms with Crippen molar-refractivity contribution < 1.29 is 23.8 Å². The quantitative estimate of drug-likeness (QED) is 0.357. The average molecular weight is 463 g/mol. The zero-order valence-corrected chi connectivity index (χ0v) is 19.4. The highest BCUT2D eigenvalue weighted by atomic mass is 19.1. The number of aliphatic hydroxyl groups excluding tert-OH is 1. The number of halogens is 1. The molecular formula is C27H27FN2O4. The first kappa shape index (κ1) is 24.9. The lowest BCUT2D eigenvalue weighted by molar-refractivity contribution is -0.143. The number of aromatic nitrogens is 2. The van der Waals surface area contributed by atoms with Crippen LogP contribution in [0.3, 0.4) is 0 Å². The minimum atomic E-state index is -1.10. The van der Waals surface area contributed by atoms with Gasteiger partial charge in [0.25, 0.3) is 0 Å². The molecule has 0 saturated heterocycles. The lowest BCUT2D eigenvalue weighted by atomic mass is 9.96. The van der Waals surface area contributed by atoms with Gasteiger partial charge in [0.1, 0.15) is 18.0 Å². The highest BCUT2D eigenvalue weighted by Crippen LogP contribution is 2.32. The van der Waals surface area contributed by atoms with E-state index >= 15 is 0 Å². The second-order valence-electron chi connectivity index (χ2n) is 8.14. The molecule has 0 bridgehead atoms. The summed E-state index contributed by atoms with van der Waals surface area (Å²) in [5, 5.41) is 10.4. The minimum absolute atomic E-state index is 0.0161. The van der Waals surface area contributed by atoms with Crippen LogP contribution in [0.2, 0.25) is 0 Å². The Morgan fingerprint density at radius 1 is 1.03 bits per heavy atom. The van der Waals surface area contributed by atoms with Gasteiger partial charge in [-0.15, -0.1) is 0 Å². The van der Waals surface area contributed by atoms with Crippen LogP contribution >= 0.6 is 0 Å². The third-order valence-electron chi connectivity index (χ3n) is 5.16. The summed E-state index contributed by atoms with van der Waals surface area (Å²) >= 11 is 0. The number of rotatable bonds is 9. The van der Waals surface area contributed by atoms with Crippen LogP contribution < -0.4 is 0 Å². The van der Waals surface area contributed by atoms with Crippen LogP contribution in [0.15, 0.2) is 60.7 Å². The van der Waals surface area contributed by atoms with Crippen LogP contribution in [0, 0.1) is 5.82 Å². The molecule has 0 aliphatic carbocycles. The number of Topliss-reactive ketones (excluding diaryl/α,β-unsaturated/α-hetero) is 1. The van der Waals surface area contributed by atoms with Crippen LogP contribution in [-0.4, -0.2) is 40.0 Å². The van der Waals surface area contributed by atoms with Gasteiger partial charge in [0.05, 0.1) is 24.6 Å². The summed E-state index contributed by atoms with van der Waals surface area (Å²) in [7, 11) is 1.20. The third kappa shape index (κ3) is 6.42. The van der Waals surface area contributed by atoms with Crippen molar-refractivity contribution >= 4 is 17.8 Å². The number of hydrogen-bond acceptors (Lipinski definition) is 6. The molecule has 2 aromatic carbocycles. The van der Waals surface area contributed by atoms with Gasteiger partial charge in [-0.25, -0.2) is 14.4 Å². The van der Waals surface area contributed by atoms with Gasteiger partial charge in [0, 0.05) is 23.1 Å². The van der Waals surface area contributed by atoms with E-state index in [2.05, 4.69) is 4.74 Å². The van der Waals surface area contributed by atoms with Gasteiger partial charge in [0.15, 0.2) is 5.82 Å². The summed E-state index contributed by atoms with van der Waals surface area (Å²) in [5.74, 6) is -0.881. The van der Waals surface area contributed by atoms with Crippen molar-refractivity contribution in [2.45, 2.75) is 38.7 Å². The Bertz CT molecular complexity index is 1180. The van der Waals surface area contributed by atoms with Crippen LogP contribution in [-0.2, 0) is 14.3 Å². The molecule has 0 saturated carbocycles. The molecule has 3 aromatic rings. The van der Waals surface area contributed by atoms with E-state index in [1.807, 2.05) is 44.2 Å². The molecule has 1 heterocycles. The lowest BCUT2D eigenvalue weighted by Gasteiger charge is -2.16. The summed E-state index contributed by atoms with van der Waals surface area (Å²) in [4.78, 5) is 32.8. The first-order chi connectivity index (χ1) is 16.3. The van der Waals surface area contributed by atoms with Crippen molar-refractivity contribution in [1.29, 1.82) is 0 Å². The van der Waals surface area contributed by atoms with E-state index in [0.717, 1.165) is 11.3 Å². The summed E-state index contributed by atoms with van der Waals surface area (Å²) in [6.07, 6.45) is 1.44. The van der Waals surface area contributed by atoms with Gasteiger partial charge in [-0.2, -0.15) is 0 Å². The average Bonchev–Trinajstić information content (AvgIpc) is 2.83. The molecule has 7 heteroatoms. The van der Waals surface area contributed by atoms with E-state index in [-0.39, 0.29) is 18.2 Å². The number of esters is 1. The van der Waals surface area contributed by atoms with E-state index in [1.165, 1.54) is 25.3 Å². The Kier molecular flexibility index (Phi) is 8.38. The van der Waals surface area contributed by atoms with Gasteiger partial charge in [0.2, 0.25) is 0 Å². The number of methoxy groups -OCH3 is 1. The van der Waals surface area contributed by atoms with Crippen molar-refractivity contribution in [2.75, 3.05) is 7.11 Å². The molecule has 34 heavy (non-hydrogen) atoms. The van der Waals surface area contributed by atoms with Gasteiger partial charge >= 0.3 is 5.97 Å². The number of benzene rings is 2. The summed E-state index contributed by atoms with van der Waals surface area (Å²) in [5.41, 5.74) is 3.54. The molecule has 0 aliphatic rings. The highest BCUT2D eigenvalue weighted by Gasteiger charge is 2.19. The van der Waals surface area contributed by atoms with Crippen LogP contribution in [0.25, 0.3) is 28.7 Å². The number of ketones is 1. The molecule has 0 amide bonds. The molecular weight excluding hydrogens is 435 g/mol. The van der Waals surface area contributed by atoms with E-state index < -0.39 is 24.3 Å². The zero-order valence-electron chi connectivity index (χ0n) is 19.4. The van der Waals surface area contributed by atoms with Crippen molar-refractivity contribution in [3.63, 3.8) is 0 Å². The Labute approximate surface area is 198 Å². The van der Waals surface area contributed by atoms with E-state index in [0.29, 0.717) is 22.6 Å². The zero-order chi connectivity index (χ0) is 24.7. The first-order valence-corrected chi connectivity index (χ1v) is 11.0. The Morgan fingerprint density at radius 2 is 1.71 bits per heavy atom. The lowest BCUT2D eigenvalue weighted by Crippen LogP contribution is -2.15. The van der Waals surface area contributed by atoms with Crippen LogP contribution in [0.4, 0.5) is 4.39 Å². The first-order valence-electron chi connectivity index (χ1n) is 11.0. The van der Waals surface area contributed by atoms with Crippen molar-refractivity contribution in [3.05, 3.63) is 77.7 Å². The molecule has 0 aliphatic heterocycles. The fraction of sp³-hybridized carbons (Fsp3) is 0.259. The van der Waals surface area contributed by atoms with Gasteiger partial charge in [-0.05, 0) is 30.2 Å². The van der Waals surface area contributed by atoms with Gasteiger partial charge in [-0.3, -0.25) is 9.59 Å². The van der Waals surface area contributed by atoms with E-state index in [9.17, 15) is 19.1 Å². The number of carbonyl (C=O) groups excluding carboxylic acids is 2. The second kappa shape index (κ2) is 11.4. The largest absolute Gasteiger partial charge is 0.469 e. The Hall–Kier alpha value is -3.71. The van der Waals surface area contributed by atoms with Crippen LogP contribution in [0.1, 0.15) is 43.9 Å². The van der Waals surface area contributed by atoms with Crippen molar-refractivity contribution in [3.8, 4) is 22.6 Å². The number of nitrogens with zero attached hydrogens (tertiary/aromatic N) is 2. The smallest absolute Gasteiger partial charge is 0.313 e. The standard InChI is InChI=1S/C27H27FN2O4/c1-17(2)25-23(14-13-21(31)15-22(32)16-24(33)34-3)26(18-9-11-20(28)12-10-18)30-27(29-25)19-7-5-4-6-8-19/h4-14,17,21,31H,15-16H2,1-3H3. The molecule has 0 fully saturated rings. The van der Waals surface area contributed by atoms with E-state index in [1.54, 1.807) is 18.2 Å². The summed E-state index contributed by atoms with van der Waals surface area (Å²) in [6, 6.07) is 15.6. The van der Waals surface area contributed by atoms with Gasteiger partial charge in [-0.1, -0.05) is 56.3 Å². The molecule has 0 spiro atoms. The maximum Gasteiger partial charge on any atom is 0.313 e.